The van der Waals surface area contributed by atoms with Crippen molar-refractivity contribution >= 4 is 29.0 Å². The summed E-state index contributed by atoms with van der Waals surface area (Å²) in [6.45, 7) is 1.59. The number of carbonyl (C=O) groups excluding carboxylic acids is 1. The third-order valence-electron chi connectivity index (χ3n) is 3.35. The Labute approximate surface area is 143 Å². The summed E-state index contributed by atoms with van der Waals surface area (Å²) in [5, 5.41) is 26.4. The lowest BCUT2D eigenvalue weighted by Gasteiger charge is -2.13. The molecule has 0 saturated heterocycles. The molecule has 2 aromatic rings. The van der Waals surface area contributed by atoms with Crippen molar-refractivity contribution in [3.63, 3.8) is 0 Å². The molecule has 0 radical (unpaired) electrons. The summed E-state index contributed by atoms with van der Waals surface area (Å²) >= 11 is 5.85. The van der Waals surface area contributed by atoms with Gasteiger partial charge in [-0.15, -0.1) is 0 Å². The van der Waals surface area contributed by atoms with E-state index in [0.29, 0.717) is 21.8 Å². The van der Waals surface area contributed by atoms with Gasteiger partial charge in [0.2, 0.25) is 0 Å². The van der Waals surface area contributed by atoms with Crippen LogP contribution in [0.25, 0.3) is 0 Å². The lowest BCUT2D eigenvalue weighted by molar-refractivity contribution is -0.385. The first-order valence-corrected chi connectivity index (χ1v) is 7.48. The molecule has 7 nitrogen and oxygen atoms in total. The molecule has 0 spiro atoms. The van der Waals surface area contributed by atoms with Crippen LogP contribution in [0.1, 0.15) is 17.2 Å². The first kappa shape index (κ1) is 17.7. The topological polar surface area (TPSA) is 104 Å². The largest absolute Gasteiger partial charge is 0.387 e. The number of aliphatic hydroxyl groups is 1. The van der Waals surface area contributed by atoms with Crippen molar-refractivity contribution in [1.29, 1.82) is 0 Å². The first-order chi connectivity index (χ1) is 11.4. The summed E-state index contributed by atoms with van der Waals surface area (Å²) in [6.07, 6.45) is -0.915. The molecule has 0 unspecified atom stereocenters. The molecule has 24 heavy (non-hydrogen) atoms. The highest BCUT2D eigenvalue weighted by atomic mass is 35.5. The minimum absolute atomic E-state index is 0.0276. The summed E-state index contributed by atoms with van der Waals surface area (Å²) in [7, 11) is 0. The molecule has 2 rings (SSSR count). The number of nitrogens with one attached hydrogen (secondary N) is 2. The van der Waals surface area contributed by atoms with E-state index in [-0.39, 0.29) is 12.2 Å². The Morgan fingerprint density at radius 3 is 2.75 bits per heavy atom. The van der Waals surface area contributed by atoms with Crippen molar-refractivity contribution in [3.8, 4) is 0 Å². The highest BCUT2D eigenvalue weighted by Gasteiger charge is 2.13. The average Bonchev–Trinajstić information content (AvgIpc) is 2.54. The van der Waals surface area contributed by atoms with Gasteiger partial charge in [-0.25, -0.2) is 4.79 Å². The van der Waals surface area contributed by atoms with Gasteiger partial charge >= 0.3 is 6.03 Å². The number of anilines is 1. The quantitative estimate of drug-likeness (QED) is 0.568. The van der Waals surface area contributed by atoms with Gasteiger partial charge in [0.05, 0.1) is 11.0 Å². The fourth-order valence-electron chi connectivity index (χ4n) is 2.08. The third kappa shape index (κ3) is 4.68. The molecular weight excluding hydrogens is 334 g/mol. The molecule has 8 heteroatoms. The van der Waals surface area contributed by atoms with Crippen LogP contribution in [0.3, 0.4) is 0 Å². The van der Waals surface area contributed by atoms with Gasteiger partial charge < -0.3 is 15.7 Å². The van der Waals surface area contributed by atoms with Crippen LogP contribution in [0, 0.1) is 17.0 Å². The molecule has 1 atom stereocenters. The number of carbonyl (C=O) groups is 1. The predicted molar refractivity (Wildman–Crippen MR) is 91.3 cm³/mol. The van der Waals surface area contributed by atoms with Crippen molar-refractivity contribution in [1.82, 2.24) is 5.32 Å². The van der Waals surface area contributed by atoms with Crippen LogP contribution in [0.4, 0.5) is 16.2 Å². The highest BCUT2D eigenvalue weighted by molar-refractivity contribution is 6.30. The number of hydrogen-bond acceptors (Lipinski definition) is 4. The Morgan fingerprint density at radius 1 is 1.33 bits per heavy atom. The van der Waals surface area contributed by atoms with Crippen LogP contribution >= 0.6 is 11.6 Å². The van der Waals surface area contributed by atoms with E-state index in [0.717, 1.165) is 0 Å². The lowest BCUT2D eigenvalue weighted by atomic mass is 10.1. The van der Waals surface area contributed by atoms with Crippen LogP contribution < -0.4 is 10.6 Å². The summed E-state index contributed by atoms with van der Waals surface area (Å²) in [6, 6.07) is 10.5. The van der Waals surface area contributed by atoms with E-state index in [1.54, 1.807) is 43.3 Å². The normalized spacial score (nSPS) is 11.6. The number of rotatable bonds is 5. The second-order valence-electron chi connectivity index (χ2n) is 5.16. The molecule has 0 heterocycles. The smallest absolute Gasteiger partial charge is 0.319 e. The fraction of sp³-hybridized carbons (Fsp3) is 0.188. The molecule has 0 saturated carbocycles. The second kappa shape index (κ2) is 7.76. The molecular formula is C16H16ClN3O4. The maximum Gasteiger partial charge on any atom is 0.319 e. The molecule has 126 valence electrons. The molecule has 0 aromatic heterocycles. The minimum Gasteiger partial charge on any atom is -0.387 e. The molecule has 0 fully saturated rings. The van der Waals surface area contributed by atoms with E-state index in [1.165, 1.54) is 6.07 Å². The third-order valence-corrected chi connectivity index (χ3v) is 3.59. The Hall–Kier alpha value is -2.64. The van der Waals surface area contributed by atoms with Gasteiger partial charge in [-0.2, -0.15) is 0 Å². The Kier molecular flexibility index (Phi) is 5.73. The van der Waals surface area contributed by atoms with Crippen molar-refractivity contribution in [3.05, 3.63) is 68.7 Å². The molecule has 3 N–H and O–H groups in total. The maximum atomic E-state index is 11.9. The number of urea groups is 1. The number of nitro benzene ring substituents is 1. The molecule has 2 amide bonds. The first-order valence-electron chi connectivity index (χ1n) is 7.10. The van der Waals surface area contributed by atoms with Gasteiger partial charge in [-0.3, -0.25) is 10.1 Å². The summed E-state index contributed by atoms with van der Waals surface area (Å²) < 4.78 is 0. The number of amides is 2. The molecule has 0 aliphatic rings. The average molecular weight is 350 g/mol. The van der Waals surface area contributed by atoms with E-state index < -0.39 is 17.1 Å². The lowest BCUT2D eigenvalue weighted by Crippen LogP contribution is -2.32. The number of aliphatic hydroxyl groups excluding tert-OH is 1. The van der Waals surface area contributed by atoms with Crippen LogP contribution in [0.15, 0.2) is 42.5 Å². The van der Waals surface area contributed by atoms with Crippen molar-refractivity contribution in [2.45, 2.75) is 13.0 Å². The molecule has 0 aliphatic carbocycles. The predicted octanol–water partition coefficient (Wildman–Crippen LogP) is 3.41. The van der Waals surface area contributed by atoms with Crippen molar-refractivity contribution < 1.29 is 14.8 Å². The van der Waals surface area contributed by atoms with Crippen molar-refractivity contribution in [2.75, 3.05) is 11.9 Å². The minimum atomic E-state index is -0.915. The number of aryl methyl sites for hydroxylation is 1. The van der Waals surface area contributed by atoms with Gasteiger partial charge in [0.25, 0.3) is 5.69 Å². The summed E-state index contributed by atoms with van der Waals surface area (Å²) in [5.41, 5.74) is 1.30. The van der Waals surface area contributed by atoms with Gasteiger partial charge in [-0.05, 0) is 30.7 Å². The van der Waals surface area contributed by atoms with E-state index in [9.17, 15) is 20.0 Å². The van der Waals surface area contributed by atoms with Crippen LogP contribution in [0.2, 0.25) is 5.02 Å². The molecule has 2 aromatic carbocycles. The van der Waals surface area contributed by atoms with Gasteiger partial charge in [0.15, 0.2) is 0 Å². The zero-order valence-electron chi connectivity index (χ0n) is 12.8. The Morgan fingerprint density at radius 2 is 2.08 bits per heavy atom. The number of halogens is 1. The second-order valence-corrected chi connectivity index (χ2v) is 5.60. The van der Waals surface area contributed by atoms with Gasteiger partial charge in [0, 0.05) is 28.9 Å². The number of hydrogen-bond donors (Lipinski definition) is 3. The maximum absolute atomic E-state index is 11.9. The van der Waals surface area contributed by atoms with Crippen molar-refractivity contribution in [2.24, 2.45) is 0 Å². The number of nitro groups is 1. The SMILES string of the molecule is Cc1ccc(NC(=O)NC[C@@H](O)c2cccc(Cl)c2)cc1[N+](=O)[O-]. The van der Waals surface area contributed by atoms with E-state index in [1.807, 2.05) is 0 Å². The van der Waals surface area contributed by atoms with Crippen LogP contribution in [0.5, 0.6) is 0 Å². The van der Waals surface area contributed by atoms with Gasteiger partial charge in [0.1, 0.15) is 0 Å². The Bertz CT molecular complexity index is 767. The molecule has 0 bridgehead atoms. The molecule has 0 aliphatic heterocycles. The highest BCUT2D eigenvalue weighted by Crippen LogP contribution is 2.22. The number of benzene rings is 2. The van der Waals surface area contributed by atoms with E-state index in [4.69, 9.17) is 11.6 Å². The summed E-state index contributed by atoms with van der Waals surface area (Å²) in [5.74, 6) is 0. The fourth-order valence-corrected chi connectivity index (χ4v) is 2.28. The summed E-state index contributed by atoms with van der Waals surface area (Å²) in [4.78, 5) is 22.2. The zero-order valence-corrected chi connectivity index (χ0v) is 13.6. The van der Waals surface area contributed by atoms with Crippen LogP contribution in [-0.2, 0) is 0 Å². The number of nitrogens with zero attached hydrogens (tertiary/aromatic N) is 1. The monoisotopic (exact) mass is 349 g/mol. The Balaban J connectivity index is 1.94. The zero-order chi connectivity index (χ0) is 17.7. The van der Waals surface area contributed by atoms with E-state index in [2.05, 4.69) is 10.6 Å². The standard InChI is InChI=1S/C16H16ClN3O4/c1-10-5-6-13(8-14(10)20(23)24)19-16(22)18-9-15(21)11-3-2-4-12(17)7-11/h2-8,15,21H,9H2,1H3,(H2,18,19,22)/t15-/m1/s1. The van der Waals surface area contributed by atoms with Crippen LogP contribution in [-0.4, -0.2) is 22.6 Å². The van der Waals surface area contributed by atoms with E-state index >= 15 is 0 Å². The van der Waals surface area contributed by atoms with Gasteiger partial charge in [-0.1, -0.05) is 29.8 Å².